The second-order valence-electron chi connectivity index (χ2n) is 7.03. The van der Waals surface area contributed by atoms with Crippen LogP contribution in [0.3, 0.4) is 0 Å². The van der Waals surface area contributed by atoms with Gasteiger partial charge >= 0.3 is 0 Å². The van der Waals surface area contributed by atoms with Gasteiger partial charge < -0.3 is 14.5 Å². The number of hydrogen-bond donors (Lipinski definition) is 0. The van der Waals surface area contributed by atoms with Crippen LogP contribution in [0.2, 0.25) is 0 Å². The summed E-state index contributed by atoms with van der Waals surface area (Å²) in [5, 5.41) is 0. The van der Waals surface area contributed by atoms with Crippen LogP contribution in [-0.4, -0.2) is 60.8 Å². The molecular formula is C17H28N4O. The van der Waals surface area contributed by atoms with Crippen LogP contribution in [0.1, 0.15) is 38.4 Å². The van der Waals surface area contributed by atoms with Crippen molar-refractivity contribution in [1.82, 2.24) is 14.9 Å². The van der Waals surface area contributed by atoms with E-state index in [0.717, 1.165) is 50.3 Å². The second kappa shape index (κ2) is 6.92. The normalized spacial score (nSPS) is 23.0. The van der Waals surface area contributed by atoms with Crippen LogP contribution in [0.5, 0.6) is 0 Å². The van der Waals surface area contributed by atoms with Gasteiger partial charge in [-0.1, -0.05) is 13.8 Å². The van der Waals surface area contributed by atoms with Crippen molar-refractivity contribution in [1.29, 1.82) is 0 Å². The first-order valence-electron chi connectivity index (χ1n) is 8.50. The third kappa shape index (κ3) is 4.17. The van der Waals surface area contributed by atoms with Crippen molar-refractivity contribution in [3.8, 4) is 0 Å². The lowest BCUT2D eigenvalue weighted by Crippen LogP contribution is -2.46. The van der Waals surface area contributed by atoms with Gasteiger partial charge in [-0.2, -0.15) is 0 Å². The number of rotatable bonds is 6. The zero-order valence-corrected chi connectivity index (χ0v) is 14.0. The Morgan fingerprint density at radius 2 is 2.18 bits per heavy atom. The first-order valence-corrected chi connectivity index (χ1v) is 8.50. The molecule has 1 saturated carbocycles. The van der Waals surface area contributed by atoms with Gasteiger partial charge in [0.25, 0.3) is 0 Å². The Hall–Kier alpha value is -1.20. The minimum absolute atomic E-state index is 0.273. The molecule has 0 N–H and O–H groups in total. The lowest BCUT2D eigenvalue weighted by Gasteiger charge is -2.34. The molecule has 1 atom stereocenters. The molecule has 1 aliphatic carbocycles. The number of aromatic nitrogens is 2. The molecule has 2 fully saturated rings. The molecule has 0 amide bonds. The monoisotopic (exact) mass is 304 g/mol. The first kappa shape index (κ1) is 15.7. The van der Waals surface area contributed by atoms with Gasteiger partial charge in [-0.05, 0) is 31.9 Å². The average molecular weight is 304 g/mol. The summed E-state index contributed by atoms with van der Waals surface area (Å²) in [7, 11) is 2.17. The summed E-state index contributed by atoms with van der Waals surface area (Å²) in [6.45, 7) is 9.17. The average Bonchev–Trinajstić information content (AvgIpc) is 3.31. The maximum absolute atomic E-state index is 5.95. The summed E-state index contributed by atoms with van der Waals surface area (Å²) in [5.41, 5.74) is 0. The molecule has 2 heterocycles. The van der Waals surface area contributed by atoms with Crippen molar-refractivity contribution >= 4 is 5.82 Å². The van der Waals surface area contributed by atoms with E-state index >= 15 is 0 Å². The minimum atomic E-state index is 0.273. The van der Waals surface area contributed by atoms with Gasteiger partial charge in [-0.3, -0.25) is 0 Å². The molecule has 0 radical (unpaired) electrons. The predicted octanol–water partition coefficient (Wildman–Crippen LogP) is 2.15. The van der Waals surface area contributed by atoms with Crippen LogP contribution in [0.25, 0.3) is 0 Å². The van der Waals surface area contributed by atoms with E-state index in [-0.39, 0.29) is 6.10 Å². The number of ether oxygens (including phenoxy) is 1. The summed E-state index contributed by atoms with van der Waals surface area (Å²) < 4.78 is 5.95. The lowest BCUT2D eigenvalue weighted by molar-refractivity contribution is -0.0149. The number of hydrogen-bond acceptors (Lipinski definition) is 5. The summed E-state index contributed by atoms with van der Waals surface area (Å²) >= 11 is 0. The molecule has 0 unspecified atom stereocenters. The van der Waals surface area contributed by atoms with Gasteiger partial charge in [0, 0.05) is 38.3 Å². The van der Waals surface area contributed by atoms with Crippen LogP contribution in [0.15, 0.2) is 12.3 Å². The van der Waals surface area contributed by atoms with Crippen molar-refractivity contribution in [2.24, 2.45) is 5.92 Å². The number of morpholine rings is 1. The fraction of sp³-hybridized carbons (Fsp3) is 0.765. The van der Waals surface area contributed by atoms with Crippen LogP contribution in [0, 0.1) is 5.92 Å². The second-order valence-corrected chi connectivity index (χ2v) is 7.03. The van der Waals surface area contributed by atoms with Crippen molar-refractivity contribution in [3.63, 3.8) is 0 Å². The summed E-state index contributed by atoms with van der Waals surface area (Å²) in [4.78, 5) is 13.9. The Bertz CT molecular complexity index is 489. The van der Waals surface area contributed by atoms with E-state index in [9.17, 15) is 0 Å². The Morgan fingerprint density at radius 1 is 1.36 bits per heavy atom. The highest BCUT2D eigenvalue weighted by Crippen LogP contribution is 2.31. The molecule has 1 aromatic heterocycles. The standard InChI is InChI=1S/C17H28N4O/c1-13(2)17-18-7-6-16(19-17)21(10-14-4-5-14)12-15-11-20(3)8-9-22-15/h6-7,13-15H,4-5,8-12H2,1-3H3/t15-/m0/s1. The van der Waals surface area contributed by atoms with Crippen molar-refractivity contribution in [2.45, 2.75) is 38.7 Å². The van der Waals surface area contributed by atoms with Crippen LogP contribution in [0.4, 0.5) is 5.82 Å². The highest BCUT2D eigenvalue weighted by atomic mass is 16.5. The zero-order valence-electron chi connectivity index (χ0n) is 14.0. The van der Waals surface area contributed by atoms with Crippen LogP contribution >= 0.6 is 0 Å². The molecule has 22 heavy (non-hydrogen) atoms. The van der Waals surface area contributed by atoms with E-state index < -0.39 is 0 Å². The lowest BCUT2D eigenvalue weighted by atomic mass is 10.2. The van der Waals surface area contributed by atoms with E-state index in [1.54, 1.807) is 0 Å². The first-order chi connectivity index (χ1) is 10.6. The van der Waals surface area contributed by atoms with Gasteiger partial charge in [0.05, 0.1) is 12.7 Å². The van der Waals surface area contributed by atoms with Crippen molar-refractivity contribution < 1.29 is 4.74 Å². The topological polar surface area (TPSA) is 41.5 Å². The molecule has 1 aliphatic heterocycles. The molecule has 5 nitrogen and oxygen atoms in total. The fourth-order valence-corrected chi connectivity index (χ4v) is 2.91. The highest BCUT2D eigenvalue weighted by molar-refractivity contribution is 5.38. The smallest absolute Gasteiger partial charge is 0.133 e. The largest absolute Gasteiger partial charge is 0.374 e. The maximum atomic E-state index is 5.95. The van der Waals surface area contributed by atoms with Crippen LogP contribution < -0.4 is 4.90 Å². The van der Waals surface area contributed by atoms with Gasteiger partial charge in [-0.15, -0.1) is 0 Å². The highest BCUT2D eigenvalue weighted by Gasteiger charge is 2.28. The Kier molecular flexibility index (Phi) is 4.93. The third-order valence-corrected chi connectivity index (χ3v) is 4.44. The van der Waals surface area contributed by atoms with Crippen molar-refractivity contribution in [2.75, 3.05) is 44.7 Å². The van der Waals surface area contributed by atoms with E-state index in [2.05, 4.69) is 35.7 Å². The van der Waals surface area contributed by atoms with Gasteiger partial charge in [0.1, 0.15) is 11.6 Å². The molecule has 0 spiro atoms. The molecule has 1 saturated heterocycles. The summed E-state index contributed by atoms with van der Waals surface area (Å²) in [6, 6.07) is 2.04. The zero-order chi connectivity index (χ0) is 15.5. The molecular weight excluding hydrogens is 276 g/mol. The number of nitrogens with zero attached hydrogens (tertiary/aromatic N) is 4. The van der Waals surface area contributed by atoms with Gasteiger partial charge in [-0.25, -0.2) is 9.97 Å². The molecule has 1 aromatic rings. The number of likely N-dealkylation sites (N-methyl/N-ethyl adjacent to an activating group) is 1. The molecule has 0 aromatic carbocycles. The Balaban J connectivity index is 1.72. The quantitative estimate of drug-likeness (QED) is 0.805. The van der Waals surface area contributed by atoms with Gasteiger partial charge in [0.2, 0.25) is 0 Å². The summed E-state index contributed by atoms with van der Waals surface area (Å²) in [6.07, 6.45) is 4.87. The Labute approximate surface area is 133 Å². The minimum Gasteiger partial charge on any atom is -0.374 e. The fourth-order valence-electron chi connectivity index (χ4n) is 2.91. The van der Waals surface area contributed by atoms with E-state index in [0.29, 0.717) is 5.92 Å². The van der Waals surface area contributed by atoms with E-state index in [1.807, 2.05) is 12.3 Å². The molecule has 2 aliphatic rings. The number of anilines is 1. The molecule has 122 valence electrons. The molecule has 0 bridgehead atoms. The van der Waals surface area contributed by atoms with E-state index in [1.165, 1.54) is 12.8 Å². The molecule has 3 rings (SSSR count). The van der Waals surface area contributed by atoms with Gasteiger partial charge in [0.15, 0.2) is 0 Å². The summed E-state index contributed by atoms with van der Waals surface area (Å²) in [5.74, 6) is 3.18. The molecule has 5 heteroatoms. The maximum Gasteiger partial charge on any atom is 0.133 e. The van der Waals surface area contributed by atoms with E-state index in [4.69, 9.17) is 9.72 Å². The third-order valence-electron chi connectivity index (χ3n) is 4.44. The predicted molar refractivity (Wildman–Crippen MR) is 88.3 cm³/mol. The van der Waals surface area contributed by atoms with Crippen LogP contribution in [-0.2, 0) is 4.74 Å². The Morgan fingerprint density at radius 3 is 2.86 bits per heavy atom. The van der Waals surface area contributed by atoms with Crippen molar-refractivity contribution in [3.05, 3.63) is 18.1 Å². The SMILES string of the molecule is CC(C)c1nccc(N(CC2CC2)C[C@@H]2CN(C)CCO2)n1.